The number of aromatic nitrogens is 2. The van der Waals surface area contributed by atoms with Crippen molar-refractivity contribution in [3.05, 3.63) is 72.7 Å². The van der Waals surface area contributed by atoms with Crippen molar-refractivity contribution >= 4 is 22.6 Å². The van der Waals surface area contributed by atoms with Gasteiger partial charge in [-0.3, -0.25) is 4.79 Å². The first-order valence-electron chi connectivity index (χ1n) is 11.2. The van der Waals surface area contributed by atoms with Gasteiger partial charge in [0, 0.05) is 30.0 Å². The second-order valence-corrected chi connectivity index (χ2v) is 8.21. The Hall–Kier alpha value is -3.87. The molecule has 1 N–H and O–H groups in total. The van der Waals surface area contributed by atoms with Gasteiger partial charge in [-0.25, -0.2) is 9.97 Å². The van der Waals surface area contributed by atoms with Crippen LogP contribution in [0.2, 0.25) is 0 Å². The average molecular weight is 443 g/mol. The zero-order chi connectivity index (χ0) is 22.6. The number of benzene rings is 2. The van der Waals surface area contributed by atoms with Crippen molar-refractivity contribution < 1.29 is 13.9 Å². The Kier molecular flexibility index (Phi) is 5.93. The summed E-state index contributed by atoms with van der Waals surface area (Å²) in [6.07, 6.45) is 4.19. The molecule has 33 heavy (non-hydrogen) atoms. The van der Waals surface area contributed by atoms with Crippen LogP contribution in [0.4, 0.5) is 5.82 Å². The Morgan fingerprint density at radius 3 is 2.64 bits per heavy atom. The van der Waals surface area contributed by atoms with E-state index in [4.69, 9.17) is 19.1 Å². The molecule has 0 spiro atoms. The van der Waals surface area contributed by atoms with Crippen molar-refractivity contribution in [3.63, 3.8) is 0 Å². The molecule has 1 aliphatic rings. The Morgan fingerprint density at radius 2 is 1.91 bits per heavy atom. The van der Waals surface area contributed by atoms with Gasteiger partial charge in [0.15, 0.2) is 5.82 Å². The smallest absolute Gasteiger partial charge is 0.221 e. The zero-order valence-corrected chi connectivity index (χ0v) is 18.5. The molecular weight excluding hydrogens is 416 g/mol. The molecule has 7 heteroatoms. The van der Waals surface area contributed by atoms with E-state index in [2.05, 4.69) is 10.2 Å². The molecule has 1 fully saturated rings. The molecule has 0 aliphatic heterocycles. The first-order valence-corrected chi connectivity index (χ1v) is 11.2. The maximum Gasteiger partial charge on any atom is 0.221 e. The second kappa shape index (κ2) is 9.32. The third kappa shape index (κ3) is 4.98. The summed E-state index contributed by atoms with van der Waals surface area (Å²) in [5.74, 6) is 3.06. The largest absolute Gasteiger partial charge is 0.497 e. The predicted molar refractivity (Wildman–Crippen MR) is 127 cm³/mol. The van der Waals surface area contributed by atoms with E-state index in [1.54, 1.807) is 13.4 Å². The summed E-state index contributed by atoms with van der Waals surface area (Å²) in [4.78, 5) is 24.3. The van der Waals surface area contributed by atoms with E-state index in [0.717, 1.165) is 46.6 Å². The number of carbonyl (C=O) groups excluding carboxylic acids is 1. The molecule has 2 heterocycles. The fraction of sp³-hybridized carbons (Fsp3) is 0.269. The summed E-state index contributed by atoms with van der Waals surface area (Å²) in [7, 11) is 1.64. The van der Waals surface area contributed by atoms with Crippen LogP contribution in [0, 0.1) is 0 Å². The molecule has 0 saturated heterocycles. The molecule has 2 aromatic carbocycles. The summed E-state index contributed by atoms with van der Waals surface area (Å²) in [6.45, 7) is 1.02. The number of carbonyl (C=O) groups is 1. The first kappa shape index (κ1) is 21.0. The highest BCUT2D eigenvalue weighted by Gasteiger charge is 2.24. The Morgan fingerprint density at radius 1 is 1.09 bits per heavy atom. The third-order valence-corrected chi connectivity index (χ3v) is 5.71. The summed E-state index contributed by atoms with van der Waals surface area (Å²) in [6, 6.07) is 19.8. The van der Waals surface area contributed by atoms with E-state index in [-0.39, 0.29) is 5.91 Å². The summed E-state index contributed by atoms with van der Waals surface area (Å²) < 4.78 is 10.9. The van der Waals surface area contributed by atoms with Crippen molar-refractivity contribution in [2.75, 3.05) is 18.6 Å². The lowest BCUT2D eigenvalue weighted by Gasteiger charge is -2.24. The van der Waals surface area contributed by atoms with Crippen LogP contribution >= 0.6 is 0 Å². The van der Waals surface area contributed by atoms with Gasteiger partial charge in [0.2, 0.25) is 5.91 Å². The van der Waals surface area contributed by atoms with Gasteiger partial charge in [-0.2, -0.15) is 0 Å². The number of ether oxygens (including phenoxy) is 1. The zero-order valence-electron chi connectivity index (χ0n) is 18.5. The average Bonchev–Trinajstić information content (AvgIpc) is 3.51. The molecule has 0 radical (unpaired) electrons. The van der Waals surface area contributed by atoms with E-state index in [1.807, 2.05) is 60.7 Å². The fourth-order valence-corrected chi connectivity index (χ4v) is 3.78. The summed E-state index contributed by atoms with van der Waals surface area (Å²) >= 11 is 0. The molecule has 0 atom stereocenters. The van der Waals surface area contributed by atoms with Crippen LogP contribution in [0.25, 0.3) is 22.3 Å². The lowest BCUT2D eigenvalue weighted by Crippen LogP contribution is -2.32. The Balaban J connectivity index is 1.52. The Bertz CT molecular complexity index is 1230. The van der Waals surface area contributed by atoms with Crippen LogP contribution in [-0.2, 0) is 11.3 Å². The number of rotatable bonds is 9. The van der Waals surface area contributed by atoms with Gasteiger partial charge in [-0.1, -0.05) is 12.1 Å². The minimum absolute atomic E-state index is 0.0654. The van der Waals surface area contributed by atoms with E-state index in [1.165, 1.54) is 0 Å². The van der Waals surface area contributed by atoms with E-state index >= 15 is 0 Å². The standard InChI is InChI=1S/C26H26N4O3/c1-32-20-12-8-18(9-13-20)25-28-23-7-3-2-6-22(23)26(29-25)30(17-21-5-4-16-33-21)15-14-24(31)27-19-10-11-19/h2-9,12-13,16,19H,10-11,14-15,17H2,1H3,(H,27,31). The fourth-order valence-electron chi connectivity index (χ4n) is 3.78. The summed E-state index contributed by atoms with van der Waals surface area (Å²) in [5, 5.41) is 4.01. The molecule has 0 bridgehead atoms. The molecule has 1 aliphatic carbocycles. The molecule has 1 saturated carbocycles. The van der Waals surface area contributed by atoms with Crippen LogP contribution in [0.15, 0.2) is 71.3 Å². The highest BCUT2D eigenvalue weighted by molar-refractivity contribution is 5.91. The first-order chi connectivity index (χ1) is 16.2. The number of fused-ring (bicyclic) bond motifs is 1. The number of methoxy groups -OCH3 is 1. The molecule has 7 nitrogen and oxygen atoms in total. The van der Waals surface area contributed by atoms with Crippen LogP contribution in [0.1, 0.15) is 25.0 Å². The number of anilines is 1. The lowest BCUT2D eigenvalue weighted by molar-refractivity contribution is -0.121. The minimum atomic E-state index is 0.0654. The van der Waals surface area contributed by atoms with E-state index in [0.29, 0.717) is 31.4 Å². The van der Waals surface area contributed by atoms with E-state index in [9.17, 15) is 4.79 Å². The maximum absolute atomic E-state index is 12.4. The number of nitrogens with zero attached hydrogens (tertiary/aromatic N) is 3. The highest BCUT2D eigenvalue weighted by atomic mass is 16.5. The van der Waals surface area contributed by atoms with Crippen molar-refractivity contribution in [1.82, 2.24) is 15.3 Å². The van der Waals surface area contributed by atoms with E-state index < -0.39 is 0 Å². The van der Waals surface area contributed by atoms with Crippen molar-refractivity contribution in [2.45, 2.75) is 31.8 Å². The van der Waals surface area contributed by atoms with Gasteiger partial charge in [-0.15, -0.1) is 0 Å². The molecule has 2 aromatic heterocycles. The lowest BCUT2D eigenvalue weighted by atomic mass is 10.1. The minimum Gasteiger partial charge on any atom is -0.497 e. The quantitative estimate of drug-likeness (QED) is 0.409. The topological polar surface area (TPSA) is 80.5 Å². The highest BCUT2D eigenvalue weighted by Crippen LogP contribution is 2.29. The van der Waals surface area contributed by atoms with Gasteiger partial charge in [-0.05, 0) is 61.4 Å². The van der Waals surface area contributed by atoms with Crippen LogP contribution in [-0.4, -0.2) is 35.6 Å². The van der Waals surface area contributed by atoms with Crippen LogP contribution in [0.3, 0.4) is 0 Å². The molecule has 168 valence electrons. The van der Waals surface area contributed by atoms with Gasteiger partial charge < -0.3 is 19.4 Å². The maximum atomic E-state index is 12.4. The molecule has 0 unspecified atom stereocenters. The third-order valence-electron chi connectivity index (χ3n) is 5.71. The number of amides is 1. The number of furan rings is 1. The monoisotopic (exact) mass is 442 g/mol. The van der Waals surface area contributed by atoms with Gasteiger partial charge in [0.25, 0.3) is 0 Å². The number of nitrogens with one attached hydrogen (secondary N) is 1. The Labute approximate surface area is 192 Å². The summed E-state index contributed by atoms with van der Waals surface area (Å²) in [5.41, 5.74) is 1.74. The normalized spacial score (nSPS) is 13.1. The van der Waals surface area contributed by atoms with Gasteiger partial charge in [0.05, 0.1) is 25.4 Å². The molecule has 1 amide bonds. The predicted octanol–water partition coefficient (Wildman–Crippen LogP) is 4.57. The van der Waals surface area contributed by atoms with Crippen LogP contribution < -0.4 is 15.0 Å². The molecular formula is C26H26N4O3. The number of hydrogen-bond acceptors (Lipinski definition) is 6. The SMILES string of the molecule is COc1ccc(-c2nc(N(CCC(=O)NC3CC3)Cc3ccco3)c3ccccc3n2)cc1. The van der Waals surface area contributed by atoms with Crippen molar-refractivity contribution in [3.8, 4) is 17.1 Å². The molecule has 4 aromatic rings. The van der Waals surface area contributed by atoms with Gasteiger partial charge in [0.1, 0.15) is 17.3 Å². The van der Waals surface area contributed by atoms with Crippen molar-refractivity contribution in [1.29, 1.82) is 0 Å². The second-order valence-electron chi connectivity index (χ2n) is 8.21. The number of para-hydroxylation sites is 1. The molecule has 5 rings (SSSR count). The number of hydrogen-bond donors (Lipinski definition) is 1. The van der Waals surface area contributed by atoms with Crippen molar-refractivity contribution in [2.24, 2.45) is 0 Å². The van der Waals surface area contributed by atoms with Crippen LogP contribution in [0.5, 0.6) is 5.75 Å². The van der Waals surface area contributed by atoms with Gasteiger partial charge >= 0.3 is 0 Å².